The first-order valence-electron chi connectivity index (χ1n) is 8.78. The monoisotopic (exact) mass is 349 g/mol. The molecule has 1 aliphatic rings. The van der Waals surface area contributed by atoms with E-state index in [9.17, 15) is 10.1 Å². The van der Waals surface area contributed by atoms with Gasteiger partial charge in [0.05, 0.1) is 0 Å². The van der Waals surface area contributed by atoms with Crippen LogP contribution in [-0.4, -0.2) is 55.0 Å². The summed E-state index contributed by atoms with van der Waals surface area (Å²) < 4.78 is 0. The maximum atomic E-state index is 12.6. The summed E-state index contributed by atoms with van der Waals surface area (Å²) in [7, 11) is 0. The summed E-state index contributed by atoms with van der Waals surface area (Å²) in [5.41, 5.74) is 6.53. The Kier molecular flexibility index (Phi) is 5.84. The van der Waals surface area contributed by atoms with Crippen LogP contribution in [-0.2, 0) is 4.79 Å². The van der Waals surface area contributed by atoms with E-state index in [4.69, 9.17) is 5.73 Å². The molecule has 0 atom stereocenters. The summed E-state index contributed by atoms with van der Waals surface area (Å²) in [6.07, 6.45) is 1.50. The summed E-state index contributed by atoms with van der Waals surface area (Å²) in [4.78, 5) is 16.5. The Labute approximate surface area is 153 Å². The van der Waals surface area contributed by atoms with Gasteiger partial charge in [0.1, 0.15) is 11.6 Å². The standard InChI is InChI=1S/C20H23N5O/c21-7-8-24-9-11-25(12-10-24)20(26)18(14-22)15-23-19-6-5-16-3-1-2-4-17(16)13-19/h1-6,13,15,23H,7-12,21H2/b18-15-. The second-order valence-electron chi connectivity index (χ2n) is 6.30. The molecule has 1 amide bonds. The number of benzene rings is 2. The zero-order valence-corrected chi connectivity index (χ0v) is 14.7. The molecule has 0 aromatic heterocycles. The zero-order valence-electron chi connectivity index (χ0n) is 14.7. The van der Waals surface area contributed by atoms with Crippen LogP contribution in [0.25, 0.3) is 10.8 Å². The van der Waals surface area contributed by atoms with Crippen LogP contribution in [0, 0.1) is 11.3 Å². The first kappa shape index (κ1) is 17.9. The lowest BCUT2D eigenvalue weighted by atomic mass is 10.1. The van der Waals surface area contributed by atoms with Gasteiger partial charge in [0, 0.05) is 51.2 Å². The normalized spacial score (nSPS) is 15.7. The number of carbonyl (C=O) groups is 1. The van der Waals surface area contributed by atoms with Gasteiger partial charge in [-0.2, -0.15) is 5.26 Å². The van der Waals surface area contributed by atoms with Gasteiger partial charge < -0.3 is 16.0 Å². The van der Waals surface area contributed by atoms with Gasteiger partial charge in [0.2, 0.25) is 0 Å². The number of anilines is 1. The fourth-order valence-electron chi connectivity index (χ4n) is 3.10. The zero-order chi connectivity index (χ0) is 18.4. The average Bonchev–Trinajstić information content (AvgIpc) is 2.69. The third kappa shape index (κ3) is 4.20. The molecule has 0 bridgehead atoms. The van der Waals surface area contributed by atoms with Crippen LogP contribution in [0.4, 0.5) is 5.69 Å². The van der Waals surface area contributed by atoms with Crippen molar-refractivity contribution in [1.82, 2.24) is 9.80 Å². The van der Waals surface area contributed by atoms with Gasteiger partial charge in [0.15, 0.2) is 0 Å². The fraction of sp³-hybridized carbons (Fsp3) is 0.300. The fourth-order valence-corrected chi connectivity index (χ4v) is 3.10. The molecule has 1 aliphatic heterocycles. The minimum absolute atomic E-state index is 0.116. The first-order valence-corrected chi connectivity index (χ1v) is 8.78. The van der Waals surface area contributed by atoms with Gasteiger partial charge in [0.25, 0.3) is 5.91 Å². The molecule has 0 aliphatic carbocycles. The van der Waals surface area contributed by atoms with Crippen LogP contribution in [0.5, 0.6) is 0 Å². The number of rotatable bonds is 5. The van der Waals surface area contributed by atoms with Crippen molar-refractivity contribution in [3.63, 3.8) is 0 Å². The molecule has 0 saturated carbocycles. The van der Waals surface area contributed by atoms with Crippen molar-refractivity contribution in [2.45, 2.75) is 0 Å². The highest BCUT2D eigenvalue weighted by Crippen LogP contribution is 2.19. The van der Waals surface area contributed by atoms with Crippen molar-refractivity contribution < 1.29 is 4.79 Å². The molecule has 6 heteroatoms. The first-order chi connectivity index (χ1) is 12.7. The van der Waals surface area contributed by atoms with Crippen LogP contribution in [0.2, 0.25) is 0 Å². The predicted molar refractivity (Wildman–Crippen MR) is 103 cm³/mol. The van der Waals surface area contributed by atoms with Gasteiger partial charge in [-0.25, -0.2) is 0 Å². The quantitative estimate of drug-likeness (QED) is 0.635. The topological polar surface area (TPSA) is 85.4 Å². The predicted octanol–water partition coefficient (Wildman–Crippen LogP) is 1.76. The third-order valence-corrected chi connectivity index (χ3v) is 4.59. The van der Waals surface area contributed by atoms with Crippen LogP contribution >= 0.6 is 0 Å². The maximum absolute atomic E-state index is 12.6. The Morgan fingerprint density at radius 3 is 2.58 bits per heavy atom. The van der Waals surface area contributed by atoms with Crippen LogP contribution < -0.4 is 11.1 Å². The van der Waals surface area contributed by atoms with E-state index in [1.165, 1.54) is 6.20 Å². The van der Waals surface area contributed by atoms with Crippen molar-refractivity contribution in [2.75, 3.05) is 44.6 Å². The van der Waals surface area contributed by atoms with Crippen LogP contribution in [0.3, 0.4) is 0 Å². The van der Waals surface area contributed by atoms with Crippen molar-refractivity contribution in [2.24, 2.45) is 5.73 Å². The number of nitrogens with one attached hydrogen (secondary N) is 1. The Hall–Kier alpha value is -2.88. The Bertz CT molecular complexity index is 847. The number of nitrogens with two attached hydrogens (primary N) is 1. The SMILES string of the molecule is N#C/C(=C/Nc1ccc2ccccc2c1)C(=O)N1CCN(CCN)CC1. The molecule has 0 radical (unpaired) electrons. The second kappa shape index (κ2) is 8.48. The summed E-state index contributed by atoms with van der Waals surface area (Å²) in [5.74, 6) is -0.229. The summed E-state index contributed by atoms with van der Waals surface area (Å²) in [6.45, 7) is 4.28. The number of hydrogen-bond acceptors (Lipinski definition) is 5. The van der Waals surface area contributed by atoms with E-state index in [-0.39, 0.29) is 11.5 Å². The third-order valence-electron chi connectivity index (χ3n) is 4.59. The average molecular weight is 349 g/mol. The highest BCUT2D eigenvalue weighted by Gasteiger charge is 2.23. The summed E-state index contributed by atoms with van der Waals surface area (Å²) in [6, 6.07) is 16.0. The van der Waals surface area contributed by atoms with E-state index in [0.717, 1.165) is 36.1 Å². The molecule has 3 N–H and O–H groups in total. The number of hydrogen-bond donors (Lipinski definition) is 2. The molecule has 1 fully saturated rings. The van der Waals surface area contributed by atoms with E-state index in [2.05, 4.69) is 10.2 Å². The van der Waals surface area contributed by atoms with Gasteiger partial charge in [-0.1, -0.05) is 30.3 Å². The summed E-state index contributed by atoms with van der Waals surface area (Å²) >= 11 is 0. The molecule has 0 unspecified atom stereocenters. The van der Waals surface area contributed by atoms with E-state index in [1.807, 2.05) is 48.5 Å². The van der Waals surface area contributed by atoms with Gasteiger partial charge >= 0.3 is 0 Å². The minimum atomic E-state index is -0.229. The summed E-state index contributed by atoms with van der Waals surface area (Å²) in [5, 5.41) is 14.7. The molecule has 0 spiro atoms. The van der Waals surface area contributed by atoms with E-state index >= 15 is 0 Å². The number of fused-ring (bicyclic) bond motifs is 1. The molecule has 1 saturated heterocycles. The minimum Gasteiger partial charge on any atom is -0.360 e. The number of nitrogens with zero attached hydrogens (tertiary/aromatic N) is 3. The number of nitriles is 1. The van der Waals surface area contributed by atoms with Crippen molar-refractivity contribution >= 4 is 22.4 Å². The van der Waals surface area contributed by atoms with Gasteiger partial charge in [-0.05, 0) is 22.9 Å². The van der Waals surface area contributed by atoms with Crippen molar-refractivity contribution in [3.05, 3.63) is 54.2 Å². The van der Waals surface area contributed by atoms with E-state index < -0.39 is 0 Å². The van der Waals surface area contributed by atoms with Crippen LogP contribution in [0.15, 0.2) is 54.2 Å². The molecular formula is C20H23N5O. The lowest BCUT2D eigenvalue weighted by Gasteiger charge is -2.34. The Morgan fingerprint density at radius 1 is 1.15 bits per heavy atom. The highest BCUT2D eigenvalue weighted by molar-refractivity contribution is 5.97. The lowest BCUT2D eigenvalue weighted by Crippen LogP contribution is -2.50. The largest absolute Gasteiger partial charge is 0.360 e. The molecule has 26 heavy (non-hydrogen) atoms. The Balaban J connectivity index is 1.65. The number of amides is 1. The second-order valence-corrected chi connectivity index (χ2v) is 6.30. The molecule has 3 rings (SSSR count). The Morgan fingerprint density at radius 2 is 1.88 bits per heavy atom. The molecule has 2 aromatic carbocycles. The van der Waals surface area contributed by atoms with Crippen LogP contribution in [0.1, 0.15) is 0 Å². The molecule has 6 nitrogen and oxygen atoms in total. The smallest absolute Gasteiger partial charge is 0.266 e. The van der Waals surface area contributed by atoms with E-state index in [1.54, 1.807) is 4.90 Å². The molecule has 1 heterocycles. The van der Waals surface area contributed by atoms with Crippen molar-refractivity contribution in [1.29, 1.82) is 5.26 Å². The number of carbonyl (C=O) groups excluding carboxylic acids is 1. The molecular weight excluding hydrogens is 326 g/mol. The highest BCUT2D eigenvalue weighted by atomic mass is 16.2. The lowest BCUT2D eigenvalue weighted by molar-refractivity contribution is -0.128. The molecule has 134 valence electrons. The van der Waals surface area contributed by atoms with Gasteiger partial charge in [-0.3, -0.25) is 9.69 Å². The number of piperazine rings is 1. The van der Waals surface area contributed by atoms with E-state index in [0.29, 0.717) is 19.6 Å². The van der Waals surface area contributed by atoms with Gasteiger partial charge in [-0.15, -0.1) is 0 Å². The van der Waals surface area contributed by atoms with Crippen molar-refractivity contribution in [3.8, 4) is 6.07 Å². The maximum Gasteiger partial charge on any atom is 0.266 e. The molecule has 2 aromatic rings.